The molecular formula is C18H22OS. The average Bonchev–Trinajstić information content (AvgIpc) is 2.74. The summed E-state index contributed by atoms with van der Waals surface area (Å²) in [4.78, 5) is 1.34. The molecule has 2 saturated carbocycles. The molecule has 0 aromatic heterocycles. The maximum atomic E-state index is 9.69. The van der Waals surface area contributed by atoms with Gasteiger partial charge >= 0.3 is 0 Å². The van der Waals surface area contributed by atoms with E-state index in [1.165, 1.54) is 48.1 Å². The predicted octanol–water partition coefficient (Wildman–Crippen LogP) is 4.62. The number of benzene rings is 1. The first-order chi connectivity index (χ1) is 9.59. The van der Waals surface area contributed by atoms with Crippen molar-refractivity contribution in [2.75, 3.05) is 0 Å². The Labute approximate surface area is 126 Å². The lowest BCUT2D eigenvalue weighted by atomic mass is 9.56. The molecule has 0 amide bonds. The number of hydrogen-bond acceptors (Lipinski definition) is 2. The smallest absolute Gasteiger partial charge is 0.115 e. The van der Waals surface area contributed by atoms with Crippen molar-refractivity contribution in [3.05, 3.63) is 29.3 Å². The van der Waals surface area contributed by atoms with Gasteiger partial charge in [0.2, 0.25) is 0 Å². The maximum Gasteiger partial charge on any atom is 0.115 e. The van der Waals surface area contributed by atoms with Gasteiger partial charge in [0, 0.05) is 5.41 Å². The number of phenolic OH excluding ortho intramolecular Hbond substituents is 1. The molecule has 1 aromatic rings. The summed E-state index contributed by atoms with van der Waals surface area (Å²) >= 11 is 5.69. The molecular weight excluding hydrogens is 264 g/mol. The Morgan fingerprint density at radius 1 is 1.20 bits per heavy atom. The minimum absolute atomic E-state index is 0.338. The Balaban J connectivity index is 1.73. The highest BCUT2D eigenvalue weighted by molar-refractivity contribution is 7.80. The lowest BCUT2D eigenvalue weighted by Crippen LogP contribution is -2.42. The number of thiocarbonyl (C=S) groups is 1. The third-order valence-electron chi connectivity index (χ3n) is 6.42. The Kier molecular flexibility index (Phi) is 2.76. The predicted molar refractivity (Wildman–Crippen MR) is 85.3 cm³/mol. The van der Waals surface area contributed by atoms with E-state index < -0.39 is 0 Å². The van der Waals surface area contributed by atoms with Crippen molar-refractivity contribution in [3.8, 4) is 5.75 Å². The molecule has 2 fully saturated rings. The van der Waals surface area contributed by atoms with Crippen LogP contribution in [0.2, 0.25) is 0 Å². The second kappa shape index (κ2) is 4.30. The third kappa shape index (κ3) is 1.64. The van der Waals surface area contributed by atoms with Crippen molar-refractivity contribution >= 4 is 17.1 Å². The number of phenols is 1. The normalized spacial score (nSPS) is 39.0. The van der Waals surface area contributed by atoms with Crippen molar-refractivity contribution in [3.63, 3.8) is 0 Å². The zero-order valence-corrected chi connectivity index (χ0v) is 12.9. The molecule has 20 heavy (non-hydrogen) atoms. The number of rotatable bonds is 0. The first-order valence-electron chi connectivity index (χ1n) is 7.95. The van der Waals surface area contributed by atoms with Crippen molar-refractivity contribution in [1.82, 2.24) is 0 Å². The highest BCUT2D eigenvalue weighted by atomic mass is 32.1. The van der Waals surface area contributed by atoms with Gasteiger partial charge in [0.05, 0.1) is 0 Å². The molecule has 0 aliphatic heterocycles. The number of aryl methyl sites for hydroxylation is 1. The van der Waals surface area contributed by atoms with Crippen molar-refractivity contribution in [2.24, 2.45) is 17.3 Å². The van der Waals surface area contributed by atoms with Gasteiger partial charge in [-0.15, -0.1) is 0 Å². The SMILES string of the molecule is CC12CCC3c4ccc(O)cc4CCC3C1CCC2=S. The topological polar surface area (TPSA) is 20.2 Å². The molecule has 4 unspecified atom stereocenters. The summed E-state index contributed by atoms with van der Waals surface area (Å²) < 4.78 is 0. The fourth-order valence-electron chi connectivity index (χ4n) is 5.34. The monoisotopic (exact) mass is 286 g/mol. The molecule has 0 saturated heterocycles. The molecule has 3 aliphatic carbocycles. The van der Waals surface area contributed by atoms with Gasteiger partial charge in [-0.05, 0) is 84.4 Å². The second-order valence-corrected chi connectivity index (χ2v) is 7.71. The molecule has 106 valence electrons. The highest BCUT2D eigenvalue weighted by Crippen LogP contribution is 2.59. The first-order valence-corrected chi connectivity index (χ1v) is 8.35. The van der Waals surface area contributed by atoms with Gasteiger partial charge in [0.25, 0.3) is 0 Å². The van der Waals surface area contributed by atoms with Crippen LogP contribution in [0.15, 0.2) is 18.2 Å². The van der Waals surface area contributed by atoms with Crippen LogP contribution in [0, 0.1) is 17.3 Å². The van der Waals surface area contributed by atoms with Crippen LogP contribution in [0.4, 0.5) is 0 Å². The molecule has 1 aromatic carbocycles. The Hall–Kier alpha value is -0.890. The third-order valence-corrected chi connectivity index (χ3v) is 7.09. The lowest BCUT2D eigenvalue weighted by Gasteiger charge is -2.49. The van der Waals surface area contributed by atoms with Crippen LogP contribution in [0.25, 0.3) is 0 Å². The molecule has 1 N–H and O–H groups in total. The van der Waals surface area contributed by atoms with E-state index in [9.17, 15) is 5.11 Å². The Bertz CT molecular complexity index is 579. The fraction of sp³-hybridized carbons (Fsp3) is 0.611. The van der Waals surface area contributed by atoms with E-state index in [2.05, 4.69) is 13.0 Å². The fourth-order valence-corrected chi connectivity index (χ4v) is 5.71. The maximum absolute atomic E-state index is 9.69. The molecule has 0 radical (unpaired) electrons. The molecule has 4 atom stereocenters. The minimum atomic E-state index is 0.338. The van der Waals surface area contributed by atoms with Crippen LogP contribution in [0.3, 0.4) is 0 Å². The Morgan fingerprint density at radius 3 is 2.90 bits per heavy atom. The van der Waals surface area contributed by atoms with E-state index in [1.54, 1.807) is 0 Å². The summed E-state index contributed by atoms with van der Waals surface area (Å²) in [5.74, 6) is 2.74. The van der Waals surface area contributed by atoms with E-state index in [0.29, 0.717) is 17.1 Å². The average molecular weight is 286 g/mol. The summed E-state index contributed by atoms with van der Waals surface area (Å²) in [5.41, 5.74) is 3.24. The van der Waals surface area contributed by atoms with Gasteiger partial charge in [-0.2, -0.15) is 0 Å². The van der Waals surface area contributed by atoms with Crippen molar-refractivity contribution in [2.45, 2.75) is 51.4 Å². The van der Waals surface area contributed by atoms with Gasteiger partial charge in [0.15, 0.2) is 0 Å². The van der Waals surface area contributed by atoms with Crippen LogP contribution in [0.1, 0.15) is 56.1 Å². The molecule has 0 spiro atoms. The zero-order chi connectivity index (χ0) is 13.9. The van der Waals surface area contributed by atoms with Crippen LogP contribution in [-0.2, 0) is 6.42 Å². The lowest BCUT2D eigenvalue weighted by molar-refractivity contribution is 0.0967. The van der Waals surface area contributed by atoms with E-state index in [0.717, 1.165) is 18.3 Å². The molecule has 0 heterocycles. The van der Waals surface area contributed by atoms with E-state index in [-0.39, 0.29) is 0 Å². The largest absolute Gasteiger partial charge is 0.508 e. The van der Waals surface area contributed by atoms with E-state index >= 15 is 0 Å². The van der Waals surface area contributed by atoms with Crippen LogP contribution in [-0.4, -0.2) is 9.97 Å². The highest BCUT2D eigenvalue weighted by Gasteiger charge is 2.52. The summed E-state index contributed by atoms with van der Waals surface area (Å²) in [5, 5.41) is 9.69. The second-order valence-electron chi connectivity index (χ2n) is 7.22. The van der Waals surface area contributed by atoms with Gasteiger partial charge in [-0.3, -0.25) is 0 Å². The number of fused-ring (bicyclic) bond motifs is 5. The zero-order valence-electron chi connectivity index (χ0n) is 12.1. The Morgan fingerprint density at radius 2 is 2.05 bits per heavy atom. The van der Waals surface area contributed by atoms with Crippen LogP contribution in [0.5, 0.6) is 5.75 Å². The summed E-state index contributed by atoms with van der Waals surface area (Å²) in [6, 6.07) is 6.03. The molecule has 2 heteroatoms. The molecule has 0 bridgehead atoms. The summed E-state index contributed by atoms with van der Waals surface area (Å²) in [6.45, 7) is 2.43. The molecule has 3 aliphatic rings. The number of hydrogen-bond donors (Lipinski definition) is 1. The van der Waals surface area contributed by atoms with Gasteiger partial charge in [-0.25, -0.2) is 0 Å². The molecule has 4 rings (SSSR count). The van der Waals surface area contributed by atoms with E-state index in [4.69, 9.17) is 12.2 Å². The molecule has 1 nitrogen and oxygen atoms in total. The quantitative estimate of drug-likeness (QED) is 0.702. The van der Waals surface area contributed by atoms with E-state index in [1.807, 2.05) is 12.1 Å². The number of aromatic hydroxyl groups is 1. The summed E-state index contributed by atoms with van der Waals surface area (Å²) in [6.07, 6.45) is 7.42. The first kappa shape index (κ1) is 12.8. The van der Waals surface area contributed by atoms with Crippen molar-refractivity contribution in [1.29, 1.82) is 0 Å². The minimum Gasteiger partial charge on any atom is -0.508 e. The summed E-state index contributed by atoms with van der Waals surface area (Å²) in [7, 11) is 0. The van der Waals surface area contributed by atoms with Crippen LogP contribution >= 0.6 is 12.2 Å². The van der Waals surface area contributed by atoms with Gasteiger partial charge in [-0.1, -0.05) is 25.2 Å². The van der Waals surface area contributed by atoms with Gasteiger partial charge < -0.3 is 5.11 Å². The standard InChI is InChI=1S/C18H22OS/c1-18-9-8-14-13-5-3-12(19)10-11(13)2-4-15(14)16(18)6-7-17(18)20/h3,5,10,14-16,19H,2,4,6-9H2,1H3. The van der Waals surface area contributed by atoms with Crippen LogP contribution < -0.4 is 0 Å². The van der Waals surface area contributed by atoms with Gasteiger partial charge in [0.1, 0.15) is 5.75 Å². The van der Waals surface area contributed by atoms with Crippen molar-refractivity contribution < 1.29 is 5.11 Å².